The van der Waals surface area contributed by atoms with E-state index in [1.807, 2.05) is 0 Å². The summed E-state index contributed by atoms with van der Waals surface area (Å²) >= 11 is 0. The van der Waals surface area contributed by atoms with Gasteiger partial charge in [0.25, 0.3) is 0 Å². The van der Waals surface area contributed by atoms with Gasteiger partial charge in [-0.3, -0.25) is 15.2 Å². The minimum atomic E-state index is -0.183. The summed E-state index contributed by atoms with van der Waals surface area (Å²) in [6, 6.07) is 0. The number of hydrogen-bond donors (Lipinski definition) is 3. The lowest BCUT2D eigenvalue weighted by atomic mass is 10.3. The van der Waals surface area contributed by atoms with Gasteiger partial charge >= 0.3 is 0 Å². The molecule has 5 nitrogen and oxygen atoms in total. The van der Waals surface area contributed by atoms with Crippen LogP contribution in [0.25, 0.3) is 0 Å². The number of allylic oxidation sites excluding steroid dienone is 1. The minimum absolute atomic E-state index is 0.130. The molecule has 0 amide bonds. The molecule has 0 unspecified atom stereocenters. The van der Waals surface area contributed by atoms with Gasteiger partial charge < -0.3 is 5.11 Å². The number of hydrogen-bond acceptors (Lipinski definition) is 5. The zero-order valence-corrected chi connectivity index (χ0v) is 5.80. The fraction of sp³-hybridized carbons (Fsp3) is 0.400. The highest BCUT2D eigenvalue weighted by Crippen LogP contribution is 2.06. The number of hydrazine groups is 2. The van der Waals surface area contributed by atoms with Crippen molar-refractivity contribution in [1.29, 1.82) is 0 Å². The number of likely N-dealkylation sites (N-methyl/N-ethyl adjacent to an activating group) is 1. The predicted octanol–water partition coefficient (Wildman–Crippen LogP) is -0.743. The fourth-order valence-electron chi connectivity index (χ4n) is 0.814. The van der Waals surface area contributed by atoms with Crippen molar-refractivity contribution in [2.75, 3.05) is 7.05 Å². The molecule has 0 fully saturated rings. The standard InChI is InChI=1S/C5H9N3O2/c1-3(9)4-5(10)6-7-8(4)2/h6-7,10H,1-2H3. The van der Waals surface area contributed by atoms with Gasteiger partial charge in [-0.15, -0.1) is 5.53 Å². The summed E-state index contributed by atoms with van der Waals surface area (Å²) in [4.78, 5) is 10.7. The maximum Gasteiger partial charge on any atom is 0.229 e. The second kappa shape index (κ2) is 2.18. The Bertz CT molecular complexity index is 199. The first-order chi connectivity index (χ1) is 4.63. The Kier molecular flexibility index (Phi) is 1.50. The SMILES string of the molecule is CC(=O)C1=C(O)NNN1C. The first kappa shape index (κ1) is 6.88. The van der Waals surface area contributed by atoms with E-state index in [1.54, 1.807) is 7.05 Å². The van der Waals surface area contributed by atoms with Gasteiger partial charge in [0, 0.05) is 14.0 Å². The molecule has 0 aromatic heterocycles. The van der Waals surface area contributed by atoms with Crippen molar-refractivity contribution in [2.24, 2.45) is 0 Å². The van der Waals surface area contributed by atoms with Gasteiger partial charge in [0.15, 0.2) is 11.5 Å². The van der Waals surface area contributed by atoms with Gasteiger partial charge in [0.05, 0.1) is 0 Å². The molecule has 1 rings (SSSR count). The molecule has 0 radical (unpaired) electrons. The molecule has 0 saturated heterocycles. The van der Waals surface area contributed by atoms with E-state index < -0.39 is 0 Å². The minimum Gasteiger partial charge on any atom is -0.492 e. The number of aliphatic hydroxyl groups excluding tert-OH is 1. The molecular formula is C5H9N3O2. The summed E-state index contributed by atoms with van der Waals surface area (Å²) < 4.78 is 0. The number of aliphatic hydroxyl groups is 1. The predicted molar refractivity (Wildman–Crippen MR) is 34.4 cm³/mol. The monoisotopic (exact) mass is 143 g/mol. The lowest BCUT2D eigenvalue weighted by Gasteiger charge is -2.10. The van der Waals surface area contributed by atoms with Gasteiger partial charge in [0.1, 0.15) is 0 Å². The number of carbonyl (C=O) groups excluding carboxylic acids is 1. The third-order valence-electron chi connectivity index (χ3n) is 1.24. The Morgan fingerprint density at radius 3 is 2.50 bits per heavy atom. The van der Waals surface area contributed by atoms with E-state index in [-0.39, 0.29) is 17.4 Å². The van der Waals surface area contributed by atoms with Crippen molar-refractivity contribution in [3.63, 3.8) is 0 Å². The zero-order chi connectivity index (χ0) is 7.72. The van der Waals surface area contributed by atoms with Gasteiger partial charge in [0.2, 0.25) is 5.88 Å². The van der Waals surface area contributed by atoms with E-state index >= 15 is 0 Å². The molecule has 3 N–H and O–H groups in total. The maximum absolute atomic E-state index is 10.7. The Labute approximate surface area is 58.3 Å². The van der Waals surface area contributed by atoms with Crippen LogP contribution >= 0.6 is 0 Å². The van der Waals surface area contributed by atoms with Crippen molar-refractivity contribution in [2.45, 2.75) is 6.92 Å². The van der Waals surface area contributed by atoms with E-state index in [4.69, 9.17) is 5.11 Å². The molecule has 10 heavy (non-hydrogen) atoms. The quantitative estimate of drug-likeness (QED) is 0.451. The average Bonchev–Trinajstić information content (AvgIpc) is 2.11. The second-order valence-corrected chi connectivity index (χ2v) is 2.05. The van der Waals surface area contributed by atoms with Crippen molar-refractivity contribution >= 4 is 5.78 Å². The molecule has 0 atom stereocenters. The van der Waals surface area contributed by atoms with Crippen molar-refractivity contribution in [3.05, 3.63) is 11.6 Å². The molecule has 56 valence electrons. The summed E-state index contributed by atoms with van der Waals surface area (Å²) in [7, 11) is 1.63. The first-order valence-corrected chi connectivity index (χ1v) is 2.82. The van der Waals surface area contributed by atoms with Crippen LogP contribution in [0.2, 0.25) is 0 Å². The number of rotatable bonds is 1. The molecule has 0 aromatic rings. The summed E-state index contributed by atoms with van der Waals surface area (Å²) in [6.45, 7) is 1.39. The van der Waals surface area contributed by atoms with Crippen LogP contribution in [0.15, 0.2) is 11.6 Å². The average molecular weight is 143 g/mol. The number of carbonyl (C=O) groups is 1. The highest BCUT2D eigenvalue weighted by Gasteiger charge is 2.21. The third kappa shape index (κ3) is 0.906. The van der Waals surface area contributed by atoms with Crippen LogP contribution in [0.1, 0.15) is 6.92 Å². The second-order valence-electron chi connectivity index (χ2n) is 2.05. The Balaban J connectivity index is 2.88. The molecule has 1 aliphatic heterocycles. The molecule has 1 aliphatic rings. The first-order valence-electron chi connectivity index (χ1n) is 2.82. The topological polar surface area (TPSA) is 64.6 Å². The number of nitrogens with zero attached hydrogens (tertiary/aromatic N) is 1. The lowest BCUT2D eigenvalue weighted by Crippen LogP contribution is -2.35. The number of ketones is 1. The molecule has 0 aliphatic carbocycles. The van der Waals surface area contributed by atoms with Crippen LogP contribution in [0.5, 0.6) is 0 Å². The van der Waals surface area contributed by atoms with Gasteiger partial charge in [-0.05, 0) is 0 Å². The van der Waals surface area contributed by atoms with Gasteiger partial charge in [-0.2, -0.15) is 0 Å². The van der Waals surface area contributed by atoms with E-state index in [0.29, 0.717) is 0 Å². The Morgan fingerprint density at radius 1 is 1.70 bits per heavy atom. The fourth-order valence-corrected chi connectivity index (χ4v) is 0.814. The number of nitrogens with one attached hydrogen (secondary N) is 2. The van der Waals surface area contributed by atoms with Crippen LogP contribution in [0, 0.1) is 0 Å². The Morgan fingerprint density at radius 2 is 2.30 bits per heavy atom. The van der Waals surface area contributed by atoms with E-state index in [1.165, 1.54) is 11.9 Å². The third-order valence-corrected chi connectivity index (χ3v) is 1.24. The Hall–Kier alpha value is -1.23. The highest BCUT2D eigenvalue weighted by atomic mass is 16.3. The van der Waals surface area contributed by atoms with Crippen molar-refractivity contribution < 1.29 is 9.90 Å². The molecule has 0 spiro atoms. The highest BCUT2D eigenvalue weighted by molar-refractivity contribution is 5.93. The van der Waals surface area contributed by atoms with Crippen molar-refractivity contribution in [1.82, 2.24) is 16.0 Å². The molecule has 5 heteroatoms. The summed E-state index contributed by atoms with van der Waals surface area (Å²) in [5.74, 6) is -0.312. The zero-order valence-electron chi connectivity index (χ0n) is 5.80. The summed E-state index contributed by atoms with van der Waals surface area (Å²) in [6.07, 6.45) is 0. The molecule has 0 saturated carbocycles. The van der Waals surface area contributed by atoms with E-state index in [9.17, 15) is 4.79 Å². The lowest BCUT2D eigenvalue weighted by molar-refractivity contribution is -0.115. The van der Waals surface area contributed by atoms with Gasteiger partial charge in [-0.1, -0.05) is 0 Å². The van der Waals surface area contributed by atoms with Crippen LogP contribution in [-0.2, 0) is 4.79 Å². The van der Waals surface area contributed by atoms with Crippen LogP contribution < -0.4 is 11.0 Å². The van der Waals surface area contributed by atoms with Gasteiger partial charge in [-0.25, -0.2) is 0 Å². The van der Waals surface area contributed by atoms with E-state index in [0.717, 1.165) is 0 Å². The summed E-state index contributed by atoms with van der Waals surface area (Å²) in [5.41, 5.74) is 5.18. The molecule has 0 aromatic carbocycles. The number of Topliss-reactive ketones (excluding diaryl/α,β-unsaturated/α-hetero) is 1. The summed E-state index contributed by atoms with van der Waals surface area (Å²) in [5, 5.41) is 10.4. The van der Waals surface area contributed by atoms with Crippen LogP contribution in [0.3, 0.4) is 0 Å². The largest absolute Gasteiger partial charge is 0.492 e. The molecule has 1 heterocycles. The molecular weight excluding hydrogens is 134 g/mol. The van der Waals surface area contributed by atoms with Crippen LogP contribution in [0.4, 0.5) is 0 Å². The molecule has 0 bridgehead atoms. The maximum atomic E-state index is 10.7. The smallest absolute Gasteiger partial charge is 0.229 e. The van der Waals surface area contributed by atoms with Crippen molar-refractivity contribution in [3.8, 4) is 0 Å². The van der Waals surface area contributed by atoms with Crippen LogP contribution in [-0.4, -0.2) is 22.9 Å². The normalized spacial score (nSPS) is 17.6. The van der Waals surface area contributed by atoms with E-state index in [2.05, 4.69) is 11.0 Å².